The summed E-state index contributed by atoms with van der Waals surface area (Å²) in [5.41, 5.74) is 2.04. The Morgan fingerprint density at radius 3 is 2.96 bits per heavy atom. The normalized spacial score (nSPS) is 21.8. The summed E-state index contributed by atoms with van der Waals surface area (Å²) in [5.74, 6) is 1.07. The Bertz CT molecular complexity index is 870. The van der Waals surface area contributed by atoms with Gasteiger partial charge in [-0.2, -0.15) is 9.83 Å². The predicted molar refractivity (Wildman–Crippen MR) is 92.7 cm³/mol. The molecule has 1 amide bonds. The van der Waals surface area contributed by atoms with Crippen LogP contribution in [0.3, 0.4) is 0 Å². The lowest BCUT2D eigenvalue weighted by Crippen LogP contribution is -2.46. The number of hydrogen-bond acceptors (Lipinski definition) is 5. The first-order valence-corrected chi connectivity index (χ1v) is 8.88. The zero-order valence-electron chi connectivity index (χ0n) is 15.1. The van der Waals surface area contributed by atoms with Crippen molar-refractivity contribution in [2.24, 2.45) is 11.3 Å². The van der Waals surface area contributed by atoms with Crippen LogP contribution in [0.5, 0.6) is 0 Å². The molecule has 2 aliphatic carbocycles. The number of carbonyl (C=O) groups is 1. The quantitative estimate of drug-likeness (QED) is 0.619. The first kappa shape index (κ1) is 17.0. The molecule has 4 rings (SSSR count). The number of nitrogens with one attached hydrogen (secondary N) is 1. The van der Waals surface area contributed by atoms with E-state index in [4.69, 9.17) is 0 Å². The van der Waals surface area contributed by atoms with Crippen LogP contribution in [0.2, 0.25) is 0 Å². The SMILES string of the molecule is CC(C)(C)[C@@H](CO)NC(=O)c1nn(-c2c[n+]([O-])ccn2)c2c1C[C@@H]1C[C@H]21. The minimum atomic E-state index is -0.370. The van der Waals surface area contributed by atoms with Crippen molar-refractivity contribution in [1.29, 1.82) is 0 Å². The topological polar surface area (TPSA) is 107 Å². The average molecular weight is 357 g/mol. The molecule has 0 aromatic carbocycles. The van der Waals surface area contributed by atoms with Crippen LogP contribution in [0.1, 0.15) is 54.9 Å². The van der Waals surface area contributed by atoms with Crippen molar-refractivity contribution in [2.45, 2.75) is 45.6 Å². The Morgan fingerprint density at radius 1 is 1.54 bits per heavy atom. The van der Waals surface area contributed by atoms with Crippen molar-refractivity contribution in [3.8, 4) is 5.82 Å². The van der Waals surface area contributed by atoms with Gasteiger partial charge in [0.2, 0.25) is 12.0 Å². The lowest BCUT2D eigenvalue weighted by Gasteiger charge is -2.29. The Hall–Kier alpha value is -2.48. The van der Waals surface area contributed by atoms with Gasteiger partial charge in [-0.05, 0) is 24.2 Å². The smallest absolute Gasteiger partial charge is 0.272 e. The van der Waals surface area contributed by atoms with Crippen LogP contribution in [0.4, 0.5) is 0 Å². The molecule has 2 aromatic heterocycles. The summed E-state index contributed by atoms with van der Waals surface area (Å²) in [5, 5.41) is 28.6. The van der Waals surface area contributed by atoms with E-state index in [0.29, 0.717) is 28.1 Å². The van der Waals surface area contributed by atoms with Crippen molar-refractivity contribution in [1.82, 2.24) is 20.1 Å². The molecule has 26 heavy (non-hydrogen) atoms. The van der Waals surface area contributed by atoms with E-state index in [9.17, 15) is 15.1 Å². The van der Waals surface area contributed by atoms with Crippen LogP contribution in [0.15, 0.2) is 18.6 Å². The van der Waals surface area contributed by atoms with Crippen molar-refractivity contribution in [3.63, 3.8) is 0 Å². The molecular weight excluding hydrogens is 334 g/mol. The van der Waals surface area contributed by atoms with Gasteiger partial charge in [-0.3, -0.25) is 4.79 Å². The van der Waals surface area contributed by atoms with E-state index in [1.165, 1.54) is 18.6 Å². The highest BCUT2D eigenvalue weighted by molar-refractivity contribution is 5.94. The van der Waals surface area contributed by atoms with E-state index in [0.717, 1.165) is 24.1 Å². The predicted octanol–water partition coefficient (Wildman–Crippen LogP) is 0.697. The molecule has 8 heteroatoms. The number of aliphatic hydroxyl groups excluding tert-OH is 1. The maximum absolute atomic E-state index is 12.9. The number of amides is 1. The number of aliphatic hydroxyl groups is 1. The van der Waals surface area contributed by atoms with Gasteiger partial charge in [0.1, 0.15) is 0 Å². The van der Waals surface area contributed by atoms with Gasteiger partial charge in [0.25, 0.3) is 5.91 Å². The van der Waals surface area contributed by atoms with Gasteiger partial charge in [0, 0.05) is 11.5 Å². The maximum Gasteiger partial charge on any atom is 0.272 e. The molecule has 0 unspecified atom stereocenters. The summed E-state index contributed by atoms with van der Waals surface area (Å²) in [6.45, 7) is 5.76. The summed E-state index contributed by atoms with van der Waals surface area (Å²) in [4.78, 5) is 17.1. The van der Waals surface area contributed by atoms with E-state index in [1.54, 1.807) is 4.68 Å². The van der Waals surface area contributed by atoms with Gasteiger partial charge >= 0.3 is 0 Å². The Balaban J connectivity index is 1.71. The fraction of sp³-hybridized carbons (Fsp3) is 0.556. The number of nitrogens with zero attached hydrogens (tertiary/aromatic N) is 4. The second-order valence-electron chi connectivity index (χ2n) is 8.28. The van der Waals surface area contributed by atoms with Gasteiger partial charge in [-0.1, -0.05) is 20.8 Å². The number of rotatable bonds is 4. The number of carbonyl (C=O) groups excluding carboxylic acids is 1. The van der Waals surface area contributed by atoms with Crippen LogP contribution < -0.4 is 10.0 Å². The van der Waals surface area contributed by atoms with Gasteiger partial charge in [0.05, 0.1) is 24.5 Å². The van der Waals surface area contributed by atoms with Crippen molar-refractivity contribution in [2.75, 3.05) is 6.61 Å². The van der Waals surface area contributed by atoms with Crippen LogP contribution in [-0.2, 0) is 6.42 Å². The summed E-state index contributed by atoms with van der Waals surface area (Å²) < 4.78 is 2.32. The Morgan fingerprint density at radius 2 is 2.31 bits per heavy atom. The van der Waals surface area contributed by atoms with Gasteiger partial charge < -0.3 is 15.6 Å². The van der Waals surface area contributed by atoms with Gasteiger partial charge in [-0.25, -0.2) is 9.67 Å². The molecule has 2 aliphatic rings. The minimum Gasteiger partial charge on any atom is -0.619 e. The average Bonchev–Trinajstić information content (AvgIpc) is 3.07. The molecule has 2 heterocycles. The molecule has 0 aliphatic heterocycles. The molecule has 0 radical (unpaired) electrons. The van der Waals surface area contributed by atoms with E-state index in [-0.39, 0.29) is 24.0 Å². The molecule has 1 saturated carbocycles. The molecule has 8 nitrogen and oxygen atoms in total. The molecule has 0 bridgehead atoms. The Labute approximate surface area is 151 Å². The second-order valence-corrected chi connectivity index (χ2v) is 8.28. The third kappa shape index (κ3) is 2.74. The summed E-state index contributed by atoms with van der Waals surface area (Å²) in [7, 11) is 0. The number of hydrogen-bond donors (Lipinski definition) is 2. The van der Waals surface area contributed by atoms with Gasteiger partial charge in [-0.15, -0.1) is 0 Å². The van der Waals surface area contributed by atoms with Crippen molar-refractivity contribution < 1.29 is 14.6 Å². The first-order chi connectivity index (χ1) is 12.3. The highest BCUT2D eigenvalue weighted by Gasteiger charge is 2.50. The van der Waals surface area contributed by atoms with Crippen LogP contribution in [0, 0.1) is 16.5 Å². The molecular formula is C18H23N5O3. The number of aromatic nitrogens is 4. The van der Waals surface area contributed by atoms with Gasteiger partial charge in [0.15, 0.2) is 11.9 Å². The monoisotopic (exact) mass is 357 g/mol. The first-order valence-electron chi connectivity index (χ1n) is 8.88. The molecule has 0 spiro atoms. The highest BCUT2D eigenvalue weighted by Crippen LogP contribution is 2.57. The molecule has 0 saturated heterocycles. The lowest BCUT2D eigenvalue weighted by molar-refractivity contribution is -0.605. The summed E-state index contributed by atoms with van der Waals surface area (Å²) in [6, 6.07) is -0.370. The number of fused-ring (bicyclic) bond motifs is 3. The fourth-order valence-electron chi connectivity index (χ4n) is 3.71. The molecule has 2 aromatic rings. The zero-order chi connectivity index (χ0) is 18.6. The molecule has 2 N–H and O–H groups in total. The van der Waals surface area contributed by atoms with Crippen LogP contribution >= 0.6 is 0 Å². The molecule has 1 fully saturated rings. The van der Waals surface area contributed by atoms with E-state index in [2.05, 4.69) is 15.4 Å². The lowest BCUT2D eigenvalue weighted by atomic mass is 9.87. The van der Waals surface area contributed by atoms with Crippen molar-refractivity contribution in [3.05, 3.63) is 40.7 Å². The molecule has 138 valence electrons. The zero-order valence-corrected chi connectivity index (χ0v) is 15.1. The fourth-order valence-corrected chi connectivity index (χ4v) is 3.71. The third-order valence-electron chi connectivity index (χ3n) is 5.39. The van der Waals surface area contributed by atoms with Crippen LogP contribution in [-0.4, -0.2) is 38.4 Å². The van der Waals surface area contributed by atoms with E-state index < -0.39 is 0 Å². The summed E-state index contributed by atoms with van der Waals surface area (Å²) >= 11 is 0. The van der Waals surface area contributed by atoms with Crippen molar-refractivity contribution >= 4 is 5.91 Å². The van der Waals surface area contributed by atoms with E-state index >= 15 is 0 Å². The summed E-state index contributed by atoms with van der Waals surface area (Å²) in [6.07, 6.45) is 6.01. The third-order valence-corrected chi connectivity index (χ3v) is 5.39. The standard InChI is InChI=1S/C18H23N5O3/c1-18(2,3)13(9-24)20-17(25)15-12-7-10-6-11(10)16(12)23(21-15)14-8-22(26)5-4-19-14/h4-5,8,10-11,13,24H,6-7,9H2,1-3H3,(H,20,25)/t10-,11-,13+/m0/s1. The largest absolute Gasteiger partial charge is 0.619 e. The maximum atomic E-state index is 12.9. The van der Waals surface area contributed by atoms with Crippen LogP contribution in [0.25, 0.3) is 5.82 Å². The second kappa shape index (κ2) is 5.77. The highest BCUT2D eigenvalue weighted by atomic mass is 16.5. The Kier molecular flexibility index (Phi) is 3.76. The minimum absolute atomic E-state index is 0.139. The molecule has 3 atom stereocenters. The van der Waals surface area contributed by atoms with E-state index in [1.807, 2.05) is 20.8 Å².